The third-order valence-corrected chi connectivity index (χ3v) is 5.17. The van der Waals surface area contributed by atoms with Crippen molar-refractivity contribution in [2.75, 3.05) is 13.2 Å². The Morgan fingerprint density at radius 3 is 2.73 bits per heavy atom. The summed E-state index contributed by atoms with van der Waals surface area (Å²) < 4.78 is 5.79. The second kappa shape index (κ2) is 3.74. The maximum absolute atomic E-state index is 6.08. The molecule has 2 nitrogen and oxygen atoms in total. The molecule has 3 aliphatic rings. The van der Waals surface area contributed by atoms with Gasteiger partial charge in [0.05, 0.1) is 6.10 Å². The highest BCUT2D eigenvalue weighted by Gasteiger charge is 2.50. The summed E-state index contributed by atoms with van der Waals surface area (Å²) in [5, 5.41) is 0. The van der Waals surface area contributed by atoms with E-state index in [1.54, 1.807) is 0 Å². The quantitative estimate of drug-likeness (QED) is 0.774. The number of hydrogen-bond donors (Lipinski definition) is 1. The van der Waals surface area contributed by atoms with Gasteiger partial charge in [-0.25, -0.2) is 0 Å². The highest BCUT2D eigenvalue weighted by Crippen LogP contribution is 2.58. The van der Waals surface area contributed by atoms with Gasteiger partial charge in [0.2, 0.25) is 0 Å². The summed E-state index contributed by atoms with van der Waals surface area (Å²) in [6, 6.07) is 0. The Bertz CT molecular complexity index is 237. The molecule has 4 atom stereocenters. The molecular weight excluding hydrogens is 186 g/mol. The van der Waals surface area contributed by atoms with Gasteiger partial charge < -0.3 is 10.5 Å². The van der Waals surface area contributed by atoms with Gasteiger partial charge in [0.1, 0.15) is 0 Å². The van der Waals surface area contributed by atoms with Gasteiger partial charge in [-0.1, -0.05) is 6.42 Å². The van der Waals surface area contributed by atoms with Gasteiger partial charge in [-0.2, -0.15) is 0 Å². The second-order valence-corrected chi connectivity index (χ2v) is 5.99. The van der Waals surface area contributed by atoms with E-state index in [2.05, 4.69) is 0 Å². The summed E-state index contributed by atoms with van der Waals surface area (Å²) in [7, 11) is 0. The van der Waals surface area contributed by atoms with Crippen molar-refractivity contribution >= 4 is 0 Å². The minimum absolute atomic E-state index is 0.470. The molecule has 0 radical (unpaired) electrons. The molecule has 1 aliphatic heterocycles. The third-order valence-electron chi connectivity index (χ3n) is 5.17. The van der Waals surface area contributed by atoms with Crippen LogP contribution in [0.4, 0.5) is 0 Å². The standard InChI is InChI=1S/C13H23NO/c14-9-13(8-12-2-1-5-15-12)7-10-3-4-11(13)6-10/h10-12H,1-9,14H2. The molecule has 0 aromatic rings. The number of rotatable bonds is 3. The summed E-state index contributed by atoms with van der Waals surface area (Å²) in [4.78, 5) is 0. The van der Waals surface area contributed by atoms with Crippen LogP contribution in [0.25, 0.3) is 0 Å². The van der Waals surface area contributed by atoms with E-state index < -0.39 is 0 Å². The molecule has 2 heteroatoms. The average molecular weight is 209 g/mol. The van der Waals surface area contributed by atoms with E-state index in [1.165, 1.54) is 44.9 Å². The van der Waals surface area contributed by atoms with Gasteiger partial charge in [-0.05, 0) is 62.3 Å². The largest absolute Gasteiger partial charge is 0.378 e. The molecule has 2 bridgehead atoms. The molecule has 86 valence electrons. The fourth-order valence-corrected chi connectivity index (χ4v) is 4.40. The van der Waals surface area contributed by atoms with Crippen molar-refractivity contribution in [3.63, 3.8) is 0 Å². The van der Waals surface area contributed by atoms with Crippen molar-refractivity contribution in [3.05, 3.63) is 0 Å². The Kier molecular flexibility index (Phi) is 2.52. The van der Waals surface area contributed by atoms with Gasteiger partial charge in [0, 0.05) is 6.61 Å². The van der Waals surface area contributed by atoms with Gasteiger partial charge in [0.15, 0.2) is 0 Å². The van der Waals surface area contributed by atoms with Gasteiger partial charge in [0.25, 0.3) is 0 Å². The van der Waals surface area contributed by atoms with E-state index in [1.807, 2.05) is 0 Å². The zero-order valence-electron chi connectivity index (χ0n) is 9.58. The first-order chi connectivity index (χ1) is 7.32. The lowest BCUT2D eigenvalue weighted by molar-refractivity contribution is 0.0384. The predicted molar refractivity (Wildman–Crippen MR) is 60.5 cm³/mol. The minimum atomic E-state index is 0.470. The first-order valence-electron chi connectivity index (χ1n) is 6.64. The molecule has 2 saturated carbocycles. The van der Waals surface area contributed by atoms with E-state index in [0.29, 0.717) is 11.5 Å². The topological polar surface area (TPSA) is 35.2 Å². The normalized spacial score (nSPS) is 49.0. The Balaban J connectivity index is 1.69. The SMILES string of the molecule is NCC1(CC2CCCO2)CC2CCC1C2. The molecule has 3 rings (SSSR count). The number of fused-ring (bicyclic) bond motifs is 2. The Morgan fingerprint density at radius 1 is 1.27 bits per heavy atom. The van der Waals surface area contributed by atoms with Crippen molar-refractivity contribution in [1.29, 1.82) is 0 Å². The highest BCUT2D eigenvalue weighted by atomic mass is 16.5. The maximum Gasteiger partial charge on any atom is 0.0581 e. The fourth-order valence-electron chi connectivity index (χ4n) is 4.40. The van der Waals surface area contributed by atoms with Crippen molar-refractivity contribution in [1.82, 2.24) is 0 Å². The molecule has 1 heterocycles. The van der Waals surface area contributed by atoms with Crippen LogP contribution in [-0.4, -0.2) is 19.3 Å². The zero-order valence-corrected chi connectivity index (χ0v) is 9.58. The first kappa shape index (κ1) is 10.1. The van der Waals surface area contributed by atoms with Crippen molar-refractivity contribution < 1.29 is 4.74 Å². The number of ether oxygens (including phenoxy) is 1. The smallest absolute Gasteiger partial charge is 0.0581 e. The van der Waals surface area contributed by atoms with E-state index in [-0.39, 0.29) is 0 Å². The Labute approximate surface area is 92.6 Å². The number of nitrogens with two attached hydrogens (primary N) is 1. The summed E-state index contributed by atoms with van der Waals surface area (Å²) in [6.07, 6.45) is 10.1. The van der Waals surface area contributed by atoms with E-state index in [4.69, 9.17) is 10.5 Å². The van der Waals surface area contributed by atoms with Crippen LogP contribution in [0, 0.1) is 17.3 Å². The van der Waals surface area contributed by atoms with Crippen LogP contribution in [0.2, 0.25) is 0 Å². The van der Waals surface area contributed by atoms with E-state index in [0.717, 1.165) is 25.0 Å². The van der Waals surface area contributed by atoms with E-state index >= 15 is 0 Å². The summed E-state index contributed by atoms with van der Waals surface area (Å²) in [6.45, 7) is 1.88. The molecule has 2 N–H and O–H groups in total. The lowest BCUT2D eigenvalue weighted by Gasteiger charge is -2.38. The highest BCUT2D eigenvalue weighted by molar-refractivity contribution is 5.02. The summed E-state index contributed by atoms with van der Waals surface area (Å²) >= 11 is 0. The van der Waals surface area contributed by atoms with Gasteiger partial charge >= 0.3 is 0 Å². The van der Waals surface area contributed by atoms with Crippen LogP contribution in [0.1, 0.15) is 44.9 Å². The van der Waals surface area contributed by atoms with Crippen molar-refractivity contribution in [3.8, 4) is 0 Å². The molecule has 0 aromatic carbocycles. The van der Waals surface area contributed by atoms with Crippen molar-refractivity contribution in [2.45, 2.75) is 51.0 Å². The lowest BCUT2D eigenvalue weighted by Crippen LogP contribution is -2.38. The molecule has 4 unspecified atom stereocenters. The first-order valence-corrected chi connectivity index (χ1v) is 6.64. The minimum Gasteiger partial charge on any atom is -0.378 e. The zero-order chi connectivity index (χ0) is 10.3. The fraction of sp³-hybridized carbons (Fsp3) is 1.00. The molecule has 0 aromatic heterocycles. The monoisotopic (exact) mass is 209 g/mol. The predicted octanol–water partition coefficient (Wildman–Crippen LogP) is 2.32. The molecule has 15 heavy (non-hydrogen) atoms. The summed E-state index contributed by atoms with van der Waals surface area (Å²) in [5.74, 6) is 1.93. The molecule has 0 amide bonds. The Hall–Kier alpha value is -0.0800. The Morgan fingerprint density at radius 2 is 2.20 bits per heavy atom. The van der Waals surface area contributed by atoms with Gasteiger partial charge in [-0.15, -0.1) is 0 Å². The van der Waals surface area contributed by atoms with Crippen LogP contribution >= 0.6 is 0 Å². The van der Waals surface area contributed by atoms with Crippen LogP contribution < -0.4 is 5.73 Å². The number of hydrogen-bond acceptors (Lipinski definition) is 2. The van der Waals surface area contributed by atoms with Crippen LogP contribution in [-0.2, 0) is 4.74 Å². The molecular formula is C13H23NO. The molecule has 2 aliphatic carbocycles. The maximum atomic E-state index is 6.08. The average Bonchev–Trinajstić information content (AvgIpc) is 2.93. The van der Waals surface area contributed by atoms with Gasteiger partial charge in [-0.3, -0.25) is 0 Å². The molecule has 0 spiro atoms. The van der Waals surface area contributed by atoms with Crippen LogP contribution in [0.3, 0.4) is 0 Å². The molecule has 3 fully saturated rings. The summed E-state index contributed by atoms with van der Waals surface area (Å²) in [5.41, 5.74) is 6.55. The van der Waals surface area contributed by atoms with Crippen LogP contribution in [0.5, 0.6) is 0 Å². The third kappa shape index (κ3) is 1.62. The lowest BCUT2D eigenvalue weighted by atomic mass is 9.69. The molecule has 1 saturated heterocycles. The van der Waals surface area contributed by atoms with E-state index in [9.17, 15) is 0 Å². The van der Waals surface area contributed by atoms with Crippen molar-refractivity contribution in [2.24, 2.45) is 23.0 Å². The second-order valence-electron chi connectivity index (χ2n) is 5.99. The van der Waals surface area contributed by atoms with Crippen LogP contribution in [0.15, 0.2) is 0 Å².